The van der Waals surface area contributed by atoms with E-state index in [0.717, 1.165) is 29.2 Å². The van der Waals surface area contributed by atoms with Crippen LogP contribution in [0.2, 0.25) is 0 Å². The van der Waals surface area contributed by atoms with Gasteiger partial charge in [0.2, 0.25) is 5.78 Å². The third kappa shape index (κ3) is 2.74. The van der Waals surface area contributed by atoms with Gasteiger partial charge in [0.05, 0.1) is 0 Å². The number of hydrogen-bond acceptors (Lipinski definition) is 4. The van der Waals surface area contributed by atoms with Crippen molar-refractivity contribution in [3.05, 3.63) is 72.3 Å². The van der Waals surface area contributed by atoms with E-state index >= 15 is 0 Å². The lowest BCUT2D eigenvalue weighted by molar-refractivity contribution is 1.10. The summed E-state index contributed by atoms with van der Waals surface area (Å²) < 4.78 is 1.98. The average molecular weight is 329 g/mol. The number of anilines is 2. The van der Waals surface area contributed by atoms with Gasteiger partial charge in [0.15, 0.2) is 0 Å². The minimum absolute atomic E-state index is 0.662. The molecule has 0 aliphatic heterocycles. The van der Waals surface area contributed by atoms with Gasteiger partial charge in [0.25, 0.3) is 0 Å². The van der Waals surface area contributed by atoms with Crippen molar-refractivity contribution < 1.29 is 0 Å². The Morgan fingerprint density at radius 1 is 1.08 bits per heavy atom. The first-order chi connectivity index (χ1) is 12.3. The fraction of sp³-hybridized carbons (Fsp3) is 0.150. The molecule has 0 bridgehead atoms. The van der Waals surface area contributed by atoms with Crippen LogP contribution in [-0.2, 0) is 6.42 Å². The van der Waals surface area contributed by atoms with Gasteiger partial charge in [-0.05, 0) is 42.7 Å². The molecule has 3 heterocycles. The van der Waals surface area contributed by atoms with Crippen LogP contribution in [0.25, 0.3) is 17.0 Å². The first-order valence-electron chi connectivity index (χ1n) is 8.37. The predicted molar refractivity (Wildman–Crippen MR) is 100 cm³/mol. The molecule has 3 aromatic heterocycles. The molecule has 1 aromatic carbocycles. The zero-order valence-electron chi connectivity index (χ0n) is 14.3. The summed E-state index contributed by atoms with van der Waals surface area (Å²) >= 11 is 0. The number of hydrogen-bond donors (Lipinski definition) is 1. The van der Waals surface area contributed by atoms with Crippen LogP contribution in [0.4, 0.5) is 11.5 Å². The van der Waals surface area contributed by atoms with Gasteiger partial charge in [0.1, 0.15) is 11.5 Å². The number of fused-ring (bicyclic) bond motifs is 1. The van der Waals surface area contributed by atoms with Crippen molar-refractivity contribution in [2.24, 2.45) is 0 Å². The van der Waals surface area contributed by atoms with Crippen molar-refractivity contribution in [2.75, 3.05) is 5.32 Å². The molecule has 0 radical (unpaired) electrons. The van der Waals surface area contributed by atoms with Gasteiger partial charge >= 0.3 is 0 Å². The summed E-state index contributed by atoms with van der Waals surface area (Å²) in [6.45, 7) is 4.28. The number of nitrogens with zero attached hydrogens (tertiary/aromatic N) is 4. The van der Waals surface area contributed by atoms with Crippen LogP contribution in [0.3, 0.4) is 0 Å². The van der Waals surface area contributed by atoms with E-state index in [0.29, 0.717) is 5.78 Å². The number of pyridine rings is 1. The predicted octanol–water partition coefficient (Wildman–Crippen LogP) is 4.41. The molecule has 5 heteroatoms. The van der Waals surface area contributed by atoms with Gasteiger partial charge in [-0.2, -0.15) is 0 Å². The fourth-order valence-corrected chi connectivity index (χ4v) is 3.03. The molecule has 5 nitrogen and oxygen atoms in total. The Labute approximate surface area is 146 Å². The van der Waals surface area contributed by atoms with Crippen molar-refractivity contribution >= 4 is 17.3 Å². The first kappa shape index (κ1) is 15.3. The lowest BCUT2D eigenvalue weighted by Crippen LogP contribution is -2.02. The molecular formula is C20H19N5. The van der Waals surface area contributed by atoms with E-state index in [1.807, 2.05) is 35.0 Å². The molecule has 0 saturated carbocycles. The molecule has 0 unspecified atom stereocenters. The van der Waals surface area contributed by atoms with Crippen LogP contribution in [0.5, 0.6) is 0 Å². The number of benzene rings is 1. The van der Waals surface area contributed by atoms with E-state index in [1.165, 1.54) is 11.1 Å². The Balaban J connectivity index is 1.92. The molecule has 124 valence electrons. The van der Waals surface area contributed by atoms with Crippen molar-refractivity contribution in [3.8, 4) is 11.3 Å². The molecule has 0 spiro atoms. The number of rotatable bonds is 4. The molecule has 0 saturated heterocycles. The van der Waals surface area contributed by atoms with Gasteiger partial charge in [-0.3, -0.25) is 9.38 Å². The van der Waals surface area contributed by atoms with E-state index in [4.69, 9.17) is 4.98 Å². The van der Waals surface area contributed by atoms with Crippen LogP contribution in [0, 0.1) is 6.92 Å². The van der Waals surface area contributed by atoms with Crippen LogP contribution < -0.4 is 5.32 Å². The normalized spacial score (nSPS) is 11.0. The Hall–Kier alpha value is -3.21. The van der Waals surface area contributed by atoms with Gasteiger partial charge in [-0.15, -0.1) is 0 Å². The lowest BCUT2D eigenvalue weighted by Gasteiger charge is -2.15. The Morgan fingerprint density at radius 2 is 2.00 bits per heavy atom. The number of imidazole rings is 1. The van der Waals surface area contributed by atoms with E-state index < -0.39 is 0 Å². The summed E-state index contributed by atoms with van der Waals surface area (Å²) in [6, 6.07) is 12.2. The smallest absolute Gasteiger partial charge is 0.235 e. The molecule has 0 aliphatic rings. The highest BCUT2D eigenvalue weighted by molar-refractivity contribution is 5.80. The van der Waals surface area contributed by atoms with Crippen LogP contribution in [-0.4, -0.2) is 19.4 Å². The Morgan fingerprint density at radius 3 is 2.80 bits per heavy atom. The van der Waals surface area contributed by atoms with Crippen molar-refractivity contribution in [3.63, 3.8) is 0 Å². The highest BCUT2D eigenvalue weighted by Gasteiger charge is 2.16. The number of aromatic nitrogens is 4. The van der Waals surface area contributed by atoms with Crippen molar-refractivity contribution in [1.82, 2.24) is 19.4 Å². The molecule has 0 aliphatic carbocycles. The van der Waals surface area contributed by atoms with Gasteiger partial charge < -0.3 is 5.32 Å². The van der Waals surface area contributed by atoms with Crippen LogP contribution in [0.1, 0.15) is 18.1 Å². The van der Waals surface area contributed by atoms with Crippen molar-refractivity contribution in [1.29, 1.82) is 0 Å². The van der Waals surface area contributed by atoms with Crippen LogP contribution in [0.15, 0.2) is 61.2 Å². The molecule has 25 heavy (non-hydrogen) atoms. The van der Waals surface area contributed by atoms with Crippen molar-refractivity contribution in [2.45, 2.75) is 20.3 Å². The molecule has 4 aromatic rings. The monoisotopic (exact) mass is 329 g/mol. The summed E-state index contributed by atoms with van der Waals surface area (Å²) in [5, 5.41) is 3.61. The quantitative estimate of drug-likeness (QED) is 0.603. The summed E-state index contributed by atoms with van der Waals surface area (Å²) in [4.78, 5) is 13.3. The Bertz CT molecular complexity index is 1020. The van der Waals surface area contributed by atoms with Crippen LogP contribution >= 0.6 is 0 Å². The molecule has 0 atom stereocenters. The maximum absolute atomic E-state index is 4.71. The average Bonchev–Trinajstić information content (AvgIpc) is 3.03. The summed E-state index contributed by atoms with van der Waals surface area (Å²) in [7, 11) is 0. The fourth-order valence-electron chi connectivity index (χ4n) is 3.03. The van der Waals surface area contributed by atoms with E-state index in [1.54, 1.807) is 12.4 Å². The zero-order valence-corrected chi connectivity index (χ0v) is 14.3. The maximum atomic E-state index is 4.71. The van der Waals surface area contributed by atoms with E-state index in [2.05, 4.69) is 47.3 Å². The standard InChI is InChI=1S/C20H19N5/c1-3-15-8-4-7-14(2)17(15)23-19-18(16-9-5-10-21-13-16)24-20-22-11-6-12-25(19)20/h4-13,23H,3H2,1-2H3. The van der Waals surface area contributed by atoms with Gasteiger partial charge in [0, 0.05) is 36.0 Å². The van der Waals surface area contributed by atoms with E-state index in [-0.39, 0.29) is 0 Å². The van der Waals surface area contributed by atoms with Gasteiger partial charge in [-0.25, -0.2) is 9.97 Å². The molecule has 4 rings (SSSR count). The summed E-state index contributed by atoms with van der Waals surface area (Å²) in [5.41, 5.74) is 5.41. The first-order valence-corrected chi connectivity index (χ1v) is 8.37. The second-order valence-corrected chi connectivity index (χ2v) is 5.93. The number of aryl methyl sites for hydroxylation is 2. The minimum Gasteiger partial charge on any atom is -0.339 e. The van der Waals surface area contributed by atoms with E-state index in [9.17, 15) is 0 Å². The minimum atomic E-state index is 0.662. The molecule has 1 N–H and O–H groups in total. The second-order valence-electron chi connectivity index (χ2n) is 5.93. The largest absolute Gasteiger partial charge is 0.339 e. The molecule has 0 amide bonds. The number of para-hydroxylation sites is 1. The highest BCUT2D eigenvalue weighted by Crippen LogP contribution is 2.32. The zero-order chi connectivity index (χ0) is 17.2. The lowest BCUT2D eigenvalue weighted by atomic mass is 10.1. The Kier molecular flexibility index (Phi) is 3.90. The third-order valence-corrected chi connectivity index (χ3v) is 4.32. The topological polar surface area (TPSA) is 55.1 Å². The summed E-state index contributed by atoms with van der Waals surface area (Å²) in [5.74, 6) is 1.57. The number of nitrogens with one attached hydrogen (secondary N) is 1. The maximum Gasteiger partial charge on any atom is 0.235 e. The second kappa shape index (κ2) is 6.36. The third-order valence-electron chi connectivity index (χ3n) is 4.32. The molecular weight excluding hydrogens is 310 g/mol. The SMILES string of the molecule is CCc1cccc(C)c1Nc1c(-c2cccnc2)nc2ncccn12. The van der Waals surface area contributed by atoms with Gasteiger partial charge in [-0.1, -0.05) is 25.1 Å². The highest BCUT2D eigenvalue weighted by atomic mass is 15.2. The summed E-state index contributed by atoms with van der Waals surface area (Å²) in [6.07, 6.45) is 8.28. The molecule has 0 fully saturated rings.